The predicted molar refractivity (Wildman–Crippen MR) is 51.2 cm³/mol. The molecule has 1 aliphatic carbocycles. The van der Waals surface area contributed by atoms with E-state index in [1.807, 2.05) is 6.92 Å². The van der Waals surface area contributed by atoms with Crippen molar-refractivity contribution in [2.24, 2.45) is 0 Å². The van der Waals surface area contributed by atoms with Gasteiger partial charge in [-0.1, -0.05) is 12.2 Å². The van der Waals surface area contributed by atoms with Crippen LogP contribution < -0.4 is 5.32 Å². The highest BCUT2D eigenvalue weighted by molar-refractivity contribution is 5.85. The van der Waals surface area contributed by atoms with E-state index >= 15 is 0 Å². The van der Waals surface area contributed by atoms with Gasteiger partial charge in [-0.15, -0.1) is 0 Å². The van der Waals surface area contributed by atoms with Crippen molar-refractivity contribution in [2.45, 2.75) is 38.2 Å². The summed E-state index contributed by atoms with van der Waals surface area (Å²) in [5.74, 6) is -0.243. The van der Waals surface area contributed by atoms with Crippen LogP contribution in [0.25, 0.3) is 0 Å². The monoisotopic (exact) mass is 183 g/mol. The van der Waals surface area contributed by atoms with E-state index in [2.05, 4.69) is 11.9 Å². The molecule has 0 aromatic carbocycles. The number of carbonyl (C=O) groups excluding carboxylic acids is 1. The molecule has 0 aromatic rings. The fourth-order valence-electron chi connectivity index (χ4n) is 1.58. The second kappa shape index (κ2) is 3.92. The second-order valence-corrected chi connectivity index (χ2v) is 3.88. The smallest absolute Gasteiger partial charge is 0.252 e. The van der Waals surface area contributed by atoms with Crippen molar-refractivity contribution < 1.29 is 9.90 Å². The van der Waals surface area contributed by atoms with Gasteiger partial charge in [0.15, 0.2) is 0 Å². The maximum Gasteiger partial charge on any atom is 0.252 e. The van der Waals surface area contributed by atoms with Gasteiger partial charge in [-0.25, -0.2) is 0 Å². The molecular formula is C10H17NO2. The molecule has 1 aliphatic rings. The molecule has 1 rings (SSSR count). The lowest BCUT2D eigenvalue weighted by molar-refractivity contribution is -0.138. The molecule has 1 saturated carbocycles. The van der Waals surface area contributed by atoms with Gasteiger partial charge in [0, 0.05) is 6.54 Å². The Labute approximate surface area is 78.8 Å². The van der Waals surface area contributed by atoms with Gasteiger partial charge in [-0.05, 0) is 32.6 Å². The summed E-state index contributed by atoms with van der Waals surface area (Å²) in [6.07, 6.45) is 3.07. The fourth-order valence-corrected chi connectivity index (χ4v) is 1.58. The van der Waals surface area contributed by atoms with Crippen molar-refractivity contribution in [2.75, 3.05) is 6.54 Å². The van der Waals surface area contributed by atoms with Crippen molar-refractivity contribution >= 4 is 5.91 Å². The van der Waals surface area contributed by atoms with Crippen molar-refractivity contribution in [3.8, 4) is 0 Å². The molecule has 0 aromatic heterocycles. The molecule has 0 atom stereocenters. The Morgan fingerprint density at radius 3 is 2.54 bits per heavy atom. The first-order valence-corrected chi connectivity index (χ1v) is 4.70. The summed E-state index contributed by atoms with van der Waals surface area (Å²) in [7, 11) is 0. The largest absolute Gasteiger partial charge is 0.380 e. The quantitative estimate of drug-likeness (QED) is 0.641. The van der Waals surface area contributed by atoms with E-state index in [-0.39, 0.29) is 5.91 Å². The van der Waals surface area contributed by atoms with Crippen LogP contribution in [0.4, 0.5) is 0 Å². The number of hydrogen-bond donors (Lipinski definition) is 2. The van der Waals surface area contributed by atoms with E-state index in [9.17, 15) is 9.90 Å². The Morgan fingerprint density at radius 1 is 1.54 bits per heavy atom. The maximum atomic E-state index is 11.5. The summed E-state index contributed by atoms with van der Waals surface area (Å²) >= 11 is 0. The van der Waals surface area contributed by atoms with Crippen LogP contribution in [-0.4, -0.2) is 23.2 Å². The highest BCUT2D eigenvalue weighted by Crippen LogP contribution is 2.29. The average molecular weight is 183 g/mol. The Bertz CT molecular complexity index is 217. The van der Waals surface area contributed by atoms with Gasteiger partial charge in [-0.2, -0.15) is 0 Å². The molecule has 0 spiro atoms. The van der Waals surface area contributed by atoms with Crippen molar-refractivity contribution in [1.82, 2.24) is 5.32 Å². The minimum atomic E-state index is -1.10. The van der Waals surface area contributed by atoms with Crippen LogP contribution in [0.1, 0.15) is 32.6 Å². The summed E-state index contributed by atoms with van der Waals surface area (Å²) in [6, 6.07) is 0. The maximum absolute atomic E-state index is 11.5. The molecule has 0 saturated heterocycles. The van der Waals surface area contributed by atoms with Crippen molar-refractivity contribution in [3.05, 3.63) is 12.2 Å². The van der Waals surface area contributed by atoms with E-state index in [0.717, 1.165) is 18.4 Å². The van der Waals surface area contributed by atoms with E-state index in [1.165, 1.54) is 0 Å². The molecule has 3 nitrogen and oxygen atoms in total. The first-order valence-electron chi connectivity index (χ1n) is 4.70. The number of amides is 1. The Balaban J connectivity index is 2.42. The summed E-state index contributed by atoms with van der Waals surface area (Å²) in [5.41, 5.74) is -0.204. The number of carbonyl (C=O) groups is 1. The minimum Gasteiger partial charge on any atom is -0.380 e. The van der Waals surface area contributed by atoms with Crippen LogP contribution in [0.2, 0.25) is 0 Å². The number of hydrogen-bond acceptors (Lipinski definition) is 2. The third-order valence-electron chi connectivity index (χ3n) is 2.40. The van der Waals surface area contributed by atoms with Crippen LogP contribution in [0.15, 0.2) is 12.2 Å². The number of rotatable bonds is 3. The van der Waals surface area contributed by atoms with Crippen molar-refractivity contribution in [3.63, 3.8) is 0 Å². The Kier molecular flexibility index (Phi) is 3.09. The average Bonchev–Trinajstić information content (AvgIpc) is 2.49. The van der Waals surface area contributed by atoms with Gasteiger partial charge in [-0.3, -0.25) is 4.79 Å². The molecule has 0 unspecified atom stereocenters. The van der Waals surface area contributed by atoms with E-state index < -0.39 is 5.60 Å². The molecule has 1 fully saturated rings. The van der Waals surface area contributed by atoms with Crippen LogP contribution >= 0.6 is 0 Å². The lowest BCUT2D eigenvalue weighted by Gasteiger charge is -2.20. The zero-order valence-corrected chi connectivity index (χ0v) is 8.10. The minimum absolute atomic E-state index is 0.243. The first-order chi connectivity index (χ1) is 6.04. The lowest BCUT2D eigenvalue weighted by Crippen LogP contribution is -2.45. The van der Waals surface area contributed by atoms with Gasteiger partial charge in [0.2, 0.25) is 0 Å². The van der Waals surface area contributed by atoms with Gasteiger partial charge < -0.3 is 10.4 Å². The summed E-state index contributed by atoms with van der Waals surface area (Å²) < 4.78 is 0. The van der Waals surface area contributed by atoms with Crippen LogP contribution in [0.5, 0.6) is 0 Å². The zero-order valence-electron chi connectivity index (χ0n) is 8.10. The lowest BCUT2D eigenvalue weighted by atomic mass is 10.0. The van der Waals surface area contributed by atoms with E-state index in [0.29, 0.717) is 19.4 Å². The Morgan fingerprint density at radius 2 is 2.08 bits per heavy atom. The second-order valence-electron chi connectivity index (χ2n) is 3.88. The SMILES string of the molecule is C=C(C)CNC(=O)C1(O)CCCC1. The normalized spacial score (nSPS) is 19.8. The molecule has 0 bridgehead atoms. The topological polar surface area (TPSA) is 49.3 Å². The fraction of sp³-hybridized carbons (Fsp3) is 0.700. The molecule has 0 aliphatic heterocycles. The highest BCUT2D eigenvalue weighted by atomic mass is 16.3. The molecule has 2 N–H and O–H groups in total. The molecule has 0 heterocycles. The molecule has 13 heavy (non-hydrogen) atoms. The van der Waals surface area contributed by atoms with Crippen LogP contribution in [-0.2, 0) is 4.79 Å². The molecule has 1 amide bonds. The van der Waals surface area contributed by atoms with E-state index in [4.69, 9.17) is 0 Å². The number of nitrogens with one attached hydrogen (secondary N) is 1. The molecule has 0 radical (unpaired) electrons. The van der Waals surface area contributed by atoms with Crippen LogP contribution in [0.3, 0.4) is 0 Å². The first kappa shape index (κ1) is 10.3. The summed E-state index contributed by atoms with van der Waals surface area (Å²) in [6.45, 7) is 5.99. The molecule has 74 valence electrons. The molecule has 3 heteroatoms. The predicted octanol–water partition coefficient (Wildman–Crippen LogP) is 0.984. The van der Waals surface area contributed by atoms with Gasteiger partial charge in [0.05, 0.1) is 0 Å². The molecular weight excluding hydrogens is 166 g/mol. The summed E-state index contributed by atoms with van der Waals surface area (Å²) in [4.78, 5) is 11.5. The third-order valence-corrected chi connectivity index (χ3v) is 2.40. The highest BCUT2D eigenvalue weighted by Gasteiger charge is 2.38. The summed E-state index contributed by atoms with van der Waals surface area (Å²) in [5, 5.41) is 12.5. The van der Waals surface area contributed by atoms with E-state index in [1.54, 1.807) is 0 Å². The van der Waals surface area contributed by atoms with Crippen molar-refractivity contribution in [1.29, 1.82) is 0 Å². The Hall–Kier alpha value is -0.830. The third kappa shape index (κ3) is 2.56. The van der Waals surface area contributed by atoms with Crippen LogP contribution in [0, 0.1) is 0 Å². The standard InChI is InChI=1S/C10H17NO2/c1-8(2)7-11-9(12)10(13)5-3-4-6-10/h13H,1,3-7H2,2H3,(H,11,12). The van der Waals surface area contributed by atoms with Gasteiger partial charge >= 0.3 is 0 Å². The zero-order chi connectivity index (χ0) is 9.90. The number of aliphatic hydroxyl groups is 1. The van der Waals surface area contributed by atoms with Gasteiger partial charge in [0.1, 0.15) is 5.60 Å². The van der Waals surface area contributed by atoms with Gasteiger partial charge in [0.25, 0.3) is 5.91 Å².